The lowest BCUT2D eigenvalue weighted by Crippen LogP contribution is -2.40. The molecule has 3 N–H and O–H groups in total. The second kappa shape index (κ2) is 11.2. The molecule has 2 aliphatic rings. The summed E-state index contributed by atoms with van der Waals surface area (Å²) < 4.78 is 46.0. The summed E-state index contributed by atoms with van der Waals surface area (Å²) in [7, 11) is 0. The van der Waals surface area contributed by atoms with Gasteiger partial charge in [-0.05, 0) is 72.8 Å². The third-order valence-corrected chi connectivity index (χ3v) is 8.01. The summed E-state index contributed by atoms with van der Waals surface area (Å²) in [5, 5.41) is 18.4. The van der Waals surface area contributed by atoms with Crippen molar-refractivity contribution in [2.24, 2.45) is 5.92 Å². The van der Waals surface area contributed by atoms with Crippen molar-refractivity contribution in [2.75, 3.05) is 26.2 Å². The highest BCUT2D eigenvalue weighted by molar-refractivity contribution is 6.23. The number of nitrogens with zero attached hydrogens (tertiary/aromatic N) is 1. The van der Waals surface area contributed by atoms with Crippen LogP contribution in [0.3, 0.4) is 0 Å². The maximum absolute atomic E-state index is 13.3. The molecule has 2 heterocycles. The summed E-state index contributed by atoms with van der Waals surface area (Å²) in [6, 6.07) is 18.2. The van der Waals surface area contributed by atoms with E-state index in [2.05, 4.69) is 15.6 Å². The molecule has 1 fully saturated rings. The summed E-state index contributed by atoms with van der Waals surface area (Å²) in [5.41, 5.74) is 3.23. The van der Waals surface area contributed by atoms with E-state index >= 15 is 0 Å². The maximum Gasteiger partial charge on any atom is 0.416 e. The van der Waals surface area contributed by atoms with E-state index in [4.69, 9.17) is 4.74 Å². The zero-order chi connectivity index (χ0) is 28.6. The minimum Gasteiger partial charge on any atom is -0.490 e. The van der Waals surface area contributed by atoms with E-state index in [9.17, 15) is 23.1 Å². The van der Waals surface area contributed by atoms with Crippen LogP contribution in [0.25, 0.3) is 22.0 Å². The molecule has 6 nitrogen and oxygen atoms in total. The van der Waals surface area contributed by atoms with Crippen LogP contribution in [0.5, 0.6) is 5.75 Å². The Balaban J connectivity index is 1.19. The van der Waals surface area contributed by atoms with Crippen molar-refractivity contribution in [1.82, 2.24) is 15.6 Å². The van der Waals surface area contributed by atoms with E-state index in [1.165, 1.54) is 12.3 Å². The lowest BCUT2D eigenvalue weighted by Gasteiger charge is -2.33. The van der Waals surface area contributed by atoms with Gasteiger partial charge in [0.25, 0.3) is 0 Å². The Bertz CT molecular complexity index is 1580. The van der Waals surface area contributed by atoms with E-state index in [0.717, 1.165) is 54.8 Å². The van der Waals surface area contributed by atoms with Gasteiger partial charge in [0.15, 0.2) is 5.78 Å². The first-order valence-electron chi connectivity index (χ1n) is 13.8. The number of piperidine rings is 1. The van der Waals surface area contributed by atoms with Crippen LogP contribution in [0, 0.1) is 5.92 Å². The van der Waals surface area contributed by atoms with Gasteiger partial charge in [-0.3, -0.25) is 9.78 Å². The number of fused-ring (bicyclic) bond motifs is 4. The molecule has 0 spiro atoms. The number of hydrogen-bond acceptors (Lipinski definition) is 6. The minimum absolute atomic E-state index is 0.0297. The molecule has 41 heavy (non-hydrogen) atoms. The number of pyridine rings is 1. The van der Waals surface area contributed by atoms with Gasteiger partial charge >= 0.3 is 6.18 Å². The molecular weight excluding hydrogens is 531 g/mol. The molecule has 1 unspecified atom stereocenters. The van der Waals surface area contributed by atoms with Crippen LogP contribution in [-0.4, -0.2) is 48.2 Å². The average molecular weight is 562 g/mol. The van der Waals surface area contributed by atoms with Crippen molar-refractivity contribution < 1.29 is 27.8 Å². The molecule has 9 heteroatoms. The fraction of sp³-hybridized carbons (Fsp3) is 0.312. The number of halogens is 3. The molecule has 6 rings (SSSR count). The number of carbonyl (C=O) groups is 1. The van der Waals surface area contributed by atoms with Gasteiger partial charge in [-0.15, -0.1) is 0 Å². The summed E-state index contributed by atoms with van der Waals surface area (Å²) in [5.74, 6) is 0.548. The van der Waals surface area contributed by atoms with Crippen molar-refractivity contribution in [3.63, 3.8) is 0 Å². The fourth-order valence-corrected chi connectivity index (χ4v) is 5.99. The number of nitrogens with one attached hydrogen (secondary N) is 2. The monoisotopic (exact) mass is 561 g/mol. The number of alkyl halides is 3. The Morgan fingerprint density at radius 2 is 1.76 bits per heavy atom. The van der Waals surface area contributed by atoms with Gasteiger partial charge in [-0.25, -0.2) is 0 Å². The zero-order valence-corrected chi connectivity index (χ0v) is 22.2. The third kappa shape index (κ3) is 5.45. The molecule has 212 valence electrons. The number of benzene rings is 3. The highest BCUT2D eigenvalue weighted by Gasteiger charge is 2.32. The lowest BCUT2D eigenvalue weighted by molar-refractivity contribution is -0.137. The van der Waals surface area contributed by atoms with Crippen LogP contribution in [-0.2, 0) is 6.18 Å². The number of rotatable bonds is 8. The molecule has 1 aliphatic heterocycles. The quantitative estimate of drug-likeness (QED) is 0.231. The zero-order valence-electron chi connectivity index (χ0n) is 22.2. The summed E-state index contributed by atoms with van der Waals surface area (Å²) in [6.45, 7) is 1.84. The Morgan fingerprint density at radius 1 is 1.00 bits per heavy atom. The maximum atomic E-state index is 13.3. The Hall–Kier alpha value is -3.79. The molecule has 0 radical (unpaired) electrons. The predicted octanol–water partition coefficient (Wildman–Crippen LogP) is 5.54. The minimum atomic E-state index is -4.45. The van der Waals surface area contributed by atoms with Gasteiger partial charge in [-0.2, -0.15) is 13.2 Å². The van der Waals surface area contributed by atoms with E-state index in [1.807, 2.05) is 36.4 Å². The summed E-state index contributed by atoms with van der Waals surface area (Å²) in [4.78, 5) is 17.3. The molecule has 2 atom stereocenters. The first-order chi connectivity index (χ1) is 19.8. The number of ketones is 1. The molecule has 0 saturated carbocycles. The SMILES string of the molecule is O=C1c2ccccc2-c2cccc(OC[C@@H](O)CNC(c3ccnc4cc(C(F)(F)F)ccc34)C3CCNCC3)c21. The lowest BCUT2D eigenvalue weighted by atomic mass is 9.84. The first kappa shape index (κ1) is 27.4. The van der Waals surface area contributed by atoms with Crippen molar-refractivity contribution in [3.8, 4) is 16.9 Å². The van der Waals surface area contributed by atoms with Crippen LogP contribution >= 0.6 is 0 Å². The van der Waals surface area contributed by atoms with Gasteiger partial charge in [0.2, 0.25) is 0 Å². The standard InChI is InChI=1S/C32H30F3N3O3/c33-32(34,35)20-8-9-23-25(12-15-37-27(23)16-20)30(19-10-13-36-14-11-19)38-17-21(39)18-41-28-7-3-6-24-22-4-1-2-5-26(22)31(40)29(24)28/h1-9,12,15-16,19,21,30,36,38-39H,10-11,13-14,17-18H2/t21-,30?/m0/s1. The number of aliphatic hydroxyl groups excluding tert-OH is 1. The number of ether oxygens (including phenoxy) is 1. The molecule has 1 aromatic heterocycles. The molecule has 0 amide bonds. The van der Waals surface area contributed by atoms with E-state index in [1.54, 1.807) is 12.1 Å². The van der Waals surface area contributed by atoms with E-state index in [-0.39, 0.29) is 36.4 Å². The van der Waals surface area contributed by atoms with Crippen molar-refractivity contribution in [3.05, 3.63) is 95.2 Å². The Labute approximate surface area is 235 Å². The molecule has 0 bridgehead atoms. The first-order valence-corrected chi connectivity index (χ1v) is 13.8. The van der Waals surface area contributed by atoms with Crippen molar-refractivity contribution in [2.45, 2.75) is 31.2 Å². The van der Waals surface area contributed by atoms with Crippen LogP contribution < -0.4 is 15.4 Å². The molecular formula is C32H30F3N3O3. The molecule has 1 aliphatic carbocycles. The second-order valence-corrected chi connectivity index (χ2v) is 10.6. The van der Waals surface area contributed by atoms with Gasteiger partial charge in [0, 0.05) is 29.7 Å². The van der Waals surface area contributed by atoms with Crippen molar-refractivity contribution in [1.29, 1.82) is 0 Å². The van der Waals surface area contributed by atoms with Gasteiger partial charge < -0.3 is 20.5 Å². The number of carbonyl (C=O) groups excluding carboxylic acids is 1. The van der Waals surface area contributed by atoms with Gasteiger partial charge in [0.1, 0.15) is 18.5 Å². The highest BCUT2D eigenvalue weighted by Crippen LogP contribution is 2.41. The predicted molar refractivity (Wildman–Crippen MR) is 150 cm³/mol. The molecule has 3 aromatic carbocycles. The third-order valence-electron chi connectivity index (χ3n) is 8.01. The summed E-state index contributed by atoms with van der Waals surface area (Å²) in [6.07, 6.45) is -2.03. The average Bonchev–Trinajstić information content (AvgIpc) is 3.28. The highest BCUT2D eigenvalue weighted by atomic mass is 19.4. The number of hydrogen-bond donors (Lipinski definition) is 3. The van der Waals surface area contributed by atoms with E-state index in [0.29, 0.717) is 22.3 Å². The number of aliphatic hydroxyl groups is 1. The normalized spacial score (nSPS) is 16.8. The second-order valence-electron chi connectivity index (χ2n) is 10.6. The molecule has 1 saturated heterocycles. The van der Waals surface area contributed by atoms with Crippen LogP contribution in [0.2, 0.25) is 0 Å². The molecule has 4 aromatic rings. The van der Waals surface area contributed by atoms with Crippen LogP contribution in [0.15, 0.2) is 72.9 Å². The Kier molecular flexibility index (Phi) is 7.50. The topological polar surface area (TPSA) is 83.5 Å². The largest absolute Gasteiger partial charge is 0.490 e. The Morgan fingerprint density at radius 3 is 2.54 bits per heavy atom. The summed E-state index contributed by atoms with van der Waals surface area (Å²) >= 11 is 0. The van der Waals surface area contributed by atoms with Crippen LogP contribution in [0.1, 0.15) is 45.9 Å². The smallest absolute Gasteiger partial charge is 0.416 e. The van der Waals surface area contributed by atoms with Gasteiger partial charge in [0.05, 0.1) is 16.6 Å². The van der Waals surface area contributed by atoms with E-state index < -0.39 is 17.8 Å². The van der Waals surface area contributed by atoms with Gasteiger partial charge in [-0.1, -0.05) is 42.5 Å². The van der Waals surface area contributed by atoms with Crippen molar-refractivity contribution >= 4 is 16.7 Å². The fourth-order valence-electron chi connectivity index (χ4n) is 5.99. The van der Waals surface area contributed by atoms with Crippen LogP contribution in [0.4, 0.5) is 13.2 Å². The number of aromatic nitrogens is 1.